The molecule has 20 heavy (non-hydrogen) atoms. The molecule has 0 N–H and O–H groups in total. The van der Waals surface area contributed by atoms with Gasteiger partial charge in [-0.3, -0.25) is 4.57 Å². The van der Waals surface area contributed by atoms with Crippen LogP contribution < -0.4 is 0 Å². The summed E-state index contributed by atoms with van der Waals surface area (Å²) in [6, 6.07) is 0. The van der Waals surface area contributed by atoms with Gasteiger partial charge in [0.1, 0.15) is 5.82 Å². The first-order valence-corrected chi connectivity index (χ1v) is 9.42. The summed E-state index contributed by atoms with van der Waals surface area (Å²) >= 11 is 0. The maximum atomic E-state index is 11.7. The van der Waals surface area contributed by atoms with Gasteiger partial charge in [0, 0.05) is 22.1 Å². The lowest BCUT2D eigenvalue weighted by Crippen LogP contribution is -2.27. The van der Waals surface area contributed by atoms with Gasteiger partial charge >= 0.3 is 0 Å². The first kappa shape index (κ1) is 14.3. The van der Waals surface area contributed by atoms with E-state index in [1.807, 2.05) is 20.8 Å². The van der Waals surface area contributed by atoms with E-state index in [1.54, 1.807) is 4.57 Å². The van der Waals surface area contributed by atoms with Crippen LogP contribution >= 0.6 is 10.7 Å². The molecule has 0 spiro atoms. The van der Waals surface area contributed by atoms with E-state index in [0.717, 1.165) is 5.82 Å². The van der Waals surface area contributed by atoms with Crippen molar-refractivity contribution >= 4 is 19.7 Å². The van der Waals surface area contributed by atoms with E-state index in [9.17, 15) is 8.42 Å². The monoisotopic (exact) mass is 317 g/mol. The Kier molecular flexibility index (Phi) is 3.18. The summed E-state index contributed by atoms with van der Waals surface area (Å²) in [6.45, 7) is 5.87. The Morgan fingerprint density at radius 2 is 1.70 bits per heavy atom. The Hall–Kier alpha value is -0.620. The number of halogens is 1. The Bertz CT molecular complexity index is 621. The first-order valence-electron chi connectivity index (χ1n) is 7.11. The zero-order valence-electron chi connectivity index (χ0n) is 12.0. The molecule has 0 radical (unpaired) electrons. The Balaban J connectivity index is 2.07. The lowest BCUT2D eigenvalue weighted by molar-refractivity contribution is 0.348. The van der Waals surface area contributed by atoms with Gasteiger partial charge in [-0.2, -0.15) is 0 Å². The quantitative estimate of drug-likeness (QED) is 0.787. The van der Waals surface area contributed by atoms with Crippen LogP contribution in [-0.4, -0.2) is 23.2 Å². The summed E-state index contributed by atoms with van der Waals surface area (Å²) in [4.78, 5) is 0. The fraction of sp³-hybridized carbons (Fsp3) is 0.846. The smallest absolute Gasteiger partial charge is 0.295 e. The van der Waals surface area contributed by atoms with Gasteiger partial charge in [-0.05, 0) is 45.4 Å². The molecule has 0 aliphatic heterocycles. The van der Waals surface area contributed by atoms with Crippen LogP contribution in [0.3, 0.4) is 0 Å². The minimum atomic E-state index is -3.87. The predicted octanol–water partition coefficient (Wildman–Crippen LogP) is 2.86. The van der Waals surface area contributed by atoms with Gasteiger partial charge in [0.15, 0.2) is 0 Å². The Labute approximate surface area is 124 Å². The number of fused-ring (bicyclic) bond motifs is 1. The molecule has 7 heteroatoms. The minimum absolute atomic E-state index is 0.120. The molecule has 5 nitrogen and oxygen atoms in total. The van der Waals surface area contributed by atoms with Gasteiger partial charge in [0.05, 0.1) is 0 Å². The summed E-state index contributed by atoms with van der Waals surface area (Å²) in [7, 11) is 1.64. The standard InChI is InChI=1S/C13H20ClN3O2S/c1-13(2,3)17-11(15-16-12(17)20(14,18)19)10-8-6-4-5-7-9(8)10/h8-10H,4-7H2,1-3H3. The van der Waals surface area contributed by atoms with Crippen LogP contribution in [0.4, 0.5) is 0 Å². The molecule has 1 aromatic rings. The van der Waals surface area contributed by atoms with Crippen molar-refractivity contribution in [3.8, 4) is 0 Å². The van der Waals surface area contributed by atoms with E-state index in [2.05, 4.69) is 10.2 Å². The van der Waals surface area contributed by atoms with Gasteiger partial charge in [0.25, 0.3) is 14.2 Å². The molecule has 2 atom stereocenters. The van der Waals surface area contributed by atoms with E-state index in [-0.39, 0.29) is 5.16 Å². The third-order valence-electron chi connectivity index (χ3n) is 4.50. The molecule has 2 saturated carbocycles. The zero-order valence-corrected chi connectivity index (χ0v) is 13.6. The van der Waals surface area contributed by atoms with Gasteiger partial charge in [-0.25, -0.2) is 8.42 Å². The second-order valence-corrected chi connectivity index (χ2v) is 9.38. The topological polar surface area (TPSA) is 64.8 Å². The number of rotatable bonds is 2. The highest BCUT2D eigenvalue weighted by Gasteiger charge is 2.54. The molecule has 1 aromatic heterocycles. The minimum Gasteiger partial charge on any atom is -0.295 e. The van der Waals surface area contributed by atoms with Crippen LogP contribution in [0.25, 0.3) is 0 Å². The summed E-state index contributed by atoms with van der Waals surface area (Å²) in [5.41, 5.74) is -0.401. The van der Waals surface area contributed by atoms with Gasteiger partial charge in [0.2, 0.25) is 0 Å². The van der Waals surface area contributed by atoms with Gasteiger partial charge < -0.3 is 0 Å². The molecular formula is C13H20ClN3O2S. The van der Waals surface area contributed by atoms with Crippen molar-refractivity contribution in [1.82, 2.24) is 14.8 Å². The largest absolute Gasteiger partial charge is 0.296 e. The molecule has 0 aromatic carbocycles. The van der Waals surface area contributed by atoms with E-state index in [4.69, 9.17) is 10.7 Å². The van der Waals surface area contributed by atoms with Gasteiger partial charge in [-0.1, -0.05) is 12.8 Å². The predicted molar refractivity (Wildman–Crippen MR) is 76.2 cm³/mol. The van der Waals surface area contributed by atoms with Crippen LogP contribution in [0, 0.1) is 11.8 Å². The molecule has 3 rings (SSSR count). The van der Waals surface area contributed by atoms with Crippen molar-refractivity contribution in [2.45, 2.75) is 63.1 Å². The van der Waals surface area contributed by atoms with Gasteiger partial charge in [-0.15, -0.1) is 10.2 Å². The molecule has 112 valence electrons. The van der Waals surface area contributed by atoms with Crippen LogP contribution in [0.1, 0.15) is 58.2 Å². The third kappa shape index (κ3) is 2.26. The fourth-order valence-corrected chi connectivity index (χ4v) is 4.68. The van der Waals surface area contributed by atoms with Crippen molar-refractivity contribution < 1.29 is 8.42 Å². The summed E-state index contributed by atoms with van der Waals surface area (Å²) in [5, 5.41) is 7.93. The van der Waals surface area contributed by atoms with E-state index in [0.29, 0.717) is 17.8 Å². The molecule has 2 aliphatic rings. The zero-order chi connectivity index (χ0) is 14.7. The second-order valence-electron chi connectivity index (χ2n) is 6.92. The van der Waals surface area contributed by atoms with Crippen LogP contribution in [-0.2, 0) is 14.6 Å². The molecule has 2 unspecified atom stereocenters. The number of hydrogen-bond donors (Lipinski definition) is 0. The van der Waals surface area contributed by atoms with Crippen LogP contribution in [0.15, 0.2) is 5.16 Å². The SMILES string of the molecule is CC(C)(C)n1c(C2C3CCCCC32)nnc1S(=O)(=O)Cl. The van der Waals surface area contributed by atoms with Crippen molar-refractivity contribution in [2.24, 2.45) is 11.8 Å². The highest BCUT2D eigenvalue weighted by atomic mass is 35.7. The average Bonchev–Trinajstić information content (AvgIpc) is 2.84. The number of hydrogen-bond acceptors (Lipinski definition) is 4. The van der Waals surface area contributed by atoms with Crippen molar-refractivity contribution in [3.63, 3.8) is 0 Å². The lowest BCUT2D eigenvalue weighted by Gasteiger charge is -2.24. The molecule has 0 amide bonds. The molecule has 0 saturated heterocycles. The first-order chi connectivity index (χ1) is 9.21. The second kappa shape index (κ2) is 4.44. The number of aromatic nitrogens is 3. The lowest BCUT2D eigenvalue weighted by atomic mass is 10.0. The summed E-state index contributed by atoms with van der Waals surface area (Å²) in [5.74, 6) is 2.46. The highest BCUT2D eigenvalue weighted by Crippen LogP contribution is 2.61. The van der Waals surface area contributed by atoms with Crippen molar-refractivity contribution in [2.75, 3.05) is 0 Å². The number of nitrogens with zero attached hydrogens (tertiary/aromatic N) is 3. The highest BCUT2D eigenvalue weighted by molar-refractivity contribution is 8.13. The van der Waals surface area contributed by atoms with Crippen LogP contribution in [0.2, 0.25) is 0 Å². The van der Waals surface area contributed by atoms with E-state index in [1.165, 1.54) is 25.7 Å². The normalized spacial score (nSPS) is 30.1. The van der Waals surface area contributed by atoms with E-state index < -0.39 is 14.6 Å². The Morgan fingerprint density at radius 3 is 2.15 bits per heavy atom. The van der Waals surface area contributed by atoms with Crippen molar-refractivity contribution in [3.05, 3.63) is 5.82 Å². The molecule has 2 aliphatic carbocycles. The summed E-state index contributed by atoms with van der Waals surface area (Å²) in [6.07, 6.45) is 4.97. The summed E-state index contributed by atoms with van der Waals surface area (Å²) < 4.78 is 25.1. The molecular weight excluding hydrogens is 298 g/mol. The molecule has 2 fully saturated rings. The molecule has 1 heterocycles. The van der Waals surface area contributed by atoms with Crippen molar-refractivity contribution in [1.29, 1.82) is 0 Å². The van der Waals surface area contributed by atoms with E-state index >= 15 is 0 Å². The fourth-order valence-electron chi connectivity index (χ4n) is 3.66. The third-order valence-corrected chi connectivity index (χ3v) is 5.62. The Morgan fingerprint density at radius 1 is 1.15 bits per heavy atom. The maximum absolute atomic E-state index is 11.7. The van der Waals surface area contributed by atoms with Crippen LogP contribution in [0.5, 0.6) is 0 Å². The average molecular weight is 318 g/mol. The maximum Gasteiger partial charge on any atom is 0.296 e. The molecule has 0 bridgehead atoms.